The number of hydrogen-bond acceptors (Lipinski definition) is 5. The molecule has 6 heteroatoms. The summed E-state index contributed by atoms with van der Waals surface area (Å²) < 4.78 is 5.81. The summed E-state index contributed by atoms with van der Waals surface area (Å²) in [6, 6.07) is 0. The number of alkyl halides is 1. The van der Waals surface area contributed by atoms with Crippen LogP contribution in [0.15, 0.2) is 12.2 Å². The number of ether oxygens (including phenoxy) is 1. The SMILES string of the molecule is C[C@@]12OCC(=O)[C@]1([C@@H](O)C1C=CCCC1)NC(O)[C@@H]2CCCl. The summed E-state index contributed by atoms with van der Waals surface area (Å²) in [5.74, 6) is -0.240. The lowest BCUT2D eigenvalue weighted by atomic mass is 9.68. The van der Waals surface area contributed by atoms with Gasteiger partial charge in [-0.1, -0.05) is 12.2 Å². The fraction of sp³-hybridized carbons (Fsp3) is 0.812. The molecule has 1 aliphatic carbocycles. The van der Waals surface area contributed by atoms with Gasteiger partial charge in [-0.15, -0.1) is 11.6 Å². The maximum atomic E-state index is 12.6. The van der Waals surface area contributed by atoms with Crippen molar-refractivity contribution >= 4 is 17.4 Å². The zero-order chi connectivity index (χ0) is 16.0. The van der Waals surface area contributed by atoms with E-state index in [9.17, 15) is 15.0 Å². The molecule has 5 nitrogen and oxygen atoms in total. The first-order chi connectivity index (χ1) is 10.5. The standard InChI is InChI=1S/C16H24ClNO4/c1-15-11(7-8-17)14(21)18-16(15,12(19)9-22-15)13(20)10-5-3-2-4-6-10/h3,5,10-11,13-14,18,20-21H,2,4,6-9H2,1H3/t10?,11-,13-,14?,15-,16+/m0/s1. The Balaban J connectivity index is 1.99. The lowest BCUT2D eigenvalue weighted by molar-refractivity contribution is -0.130. The smallest absolute Gasteiger partial charge is 0.184 e. The molecule has 124 valence electrons. The van der Waals surface area contributed by atoms with Gasteiger partial charge in [0.15, 0.2) is 5.78 Å². The highest BCUT2D eigenvalue weighted by molar-refractivity contribution is 6.17. The van der Waals surface area contributed by atoms with Crippen molar-refractivity contribution in [1.82, 2.24) is 5.32 Å². The van der Waals surface area contributed by atoms with Gasteiger partial charge in [0.05, 0.1) is 6.10 Å². The second-order valence-electron chi connectivity index (χ2n) is 6.77. The van der Waals surface area contributed by atoms with E-state index < -0.39 is 23.5 Å². The van der Waals surface area contributed by atoms with Crippen LogP contribution in [0.1, 0.15) is 32.6 Å². The van der Waals surface area contributed by atoms with E-state index in [-0.39, 0.29) is 24.2 Å². The molecule has 2 heterocycles. The Morgan fingerprint density at radius 1 is 1.59 bits per heavy atom. The Bertz CT molecular complexity index is 485. The monoisotopic (exact) mass is 329 g/mol. The van der Waals surface area contributed by atoms with Crippen LogP contribution in [-0.4, -0.2) is 52.0 Å². The van der Waals surface area contributed by atoms with Gasteiger partial charge in [-0.3, -0.25) is 10.1 Å². The van der Waals surface area contributed by atoms with Crippen LogP contribution < -0.4 is 5.32 Å². The van der Waals surface area contributed by atoms with Crippen molar-refractivity contribution in [3.05, 3.63) is 12.2 Å². The van der Waals surface area contributed by atoms with Crippen LogP contribution >= 0.6 is 11.6 Å². The van der Waals surface area contributed by atoms with Gasteiger partial charge in [-0.05, 0) is 32.6 Å². The van der Waals surface area contributed by atoms with Gasteiger partial charge in [-0.25, -0.2) is 0 Å². The first kappa shape index (κ1) is 16.4. The van der Waals surface area contributed by atoms with Gasteiger partial charge in [-0.2, -0.15) is 0 Å². The maximum Gasteiger partial charge on any atom is 0.184 e. The molecular formula is C16H24ClNO4. The molecule has 0 aromatic rings. The van der Waals surface area contributed by atoms with Gasteiger partial charge in [0.2, 0.25) is 0 Å². The van der Waals surface area contributed by atoms with E-state index in [1.54, 1.807) is 0 Å². The molecule has 0 bridgehead atoms. The Labute approximate surface area is 135 Å². The highest BCUT2D eigenvalue weighted by Gasteiger charge is 2.72. The van der Waals surface area contributed by atoms with E-state index in [1.165, 1.54) is 0 Å². The number of Topliss-reactive ketones (excluding diaryl/α,β-unsaturated/α-hetero) is 1. The second-order valence-corrected chi connectivity index (χ2v) is 7.15. The molecule has 2 unspecified atom stereocenters. The normalized spacial score (nSPS) is 46.0. The molecule has 3 rings (SSSR count). The summed E-state index contributed by atoms with van der Waals surface area (Å²) >= 11 is 5.86. The van der Waals surface area contributed by atoms with Crippen molar-refractivity contribution in [1.29, 1.82) is 0 Å². The summed E-state index contributed by atoms with van der Waals surface area (Å²) in [5, 5.41) is 24.4. The summed E-state index contributed by atoms with van der Waals surface area (Å²) in [7, 11) is 0. The lowest BCUT2D eigenvalue weighted by Crippen LogP contribution is -2.67. The van der Waals surface area contributed by atoms with Crippen molar-refractivity contribution < 1.29 is 19.7 Å². The Hall–Kier alpha value is -0.460. The minimum atomic E-state index is -1.25. The van der Waals surface area contributed by atoms with Crippen LogP contribution in [0.4, 0.5) is 0 Å². The third-order valence-corrected chi connectivity index (χ3v) is 5.97. The maximum absolute atomic E-state index is 12.6. The van der Waals surface area contributed by atoms with Crippen LogP contribution in [0.5, 0.6) is 0 Å². The Kier molecular flexibility index (Phi) is 4.38. The topological polar surface area (TPSA) is 78.8 Å². The number of halogens is 1. The predicted molar refractivity (Wildman–Crippen MR) is 82.6 cm³/mol. The zero-order valence-electron chi connectivity index (χ0n) is 12.8. The first-order valence-electron chi connectivity index (χ1n) is 8.01. The number of aliphatic hydroxyl groups excluding tert-OH is 2. The third kappa shape index (κ3) is 2.10. The van der Waals surface area contributed by atoms with E-state index in [4.69, 9.17) is 16.3 Å². The fourth-order valence-electron chi connectivity index (χ4n) is 4.50. The molecule has 0 amide bonds. The summed E-state index contributed by atoms with van der Waals surface area (Å²) in [5.41, 5.74) is -2.20. The fourth-order valence-corrected chi connectivity index (χ4v) is 4.73. The molecular weight excluding hydrogens is 306 g/mol. The molecule has 0 spiro atoms. The molecule has 2 saturated heterocycles. The number of hydrogen-bond donors (Lipinski definition) is 3. The minimum Gasteiger partial charge on any atom is -0.390 e. The zero-order valence-corrected chi connectivity index (χ0v) is 13.6. The highest BCUT2D eigenvalue weighted by atomic mass is 35.5. The molecule has 3 N–H and O–H groups in total. The molecule has 2 aliphatic heterocycles. The molecule has 6 atom stereocenters. The van der Waals surface area contributed by atoms with Crippen LogP contribution in [0.25, 0.3) is 0 Å². The number of fused-ring (bicyclic) bond motifs is 1. The van der Waals surface area contributed by atoms with Gasteiger partial charge in [0.1, 0.15) is 24.0 Å². The third-order valence-electron chi connectivity index (χ3n) is 5.75. The number of carbonyl (C=O) groups excluding carboxylic acids is 1. The quantitative estimate of drug-likeness (QED) is 0.529. The molecule has 0 radical (unpaired) electrons. The van der Waals surface area contributed by atoms with Gasteiger partial charge in [0.25, 0.3) is 0 Å². The Morgan fingerprint density at radius 2 is 2.36 bits per heavy atom. The summed E-state index contributed by atoms with van der Waals surface area (Å²) in [6.07, 6.45) is 5.56. The second kappa shape index (κ2) is 5.87. The molecule has 2 fully saturated rings. The first-order valence-corrected chi connectivity index (χ1v) is 8.54. The van der Waals surface area contributed by atoms with Crippen molar-refractivity contribution in [2.75, 3.05) is 12.5 Å². The molecule has 3 aliphatic rings. The van der Waals surface area contributed by atoms with E-state index in [2.05, 4.69) is 5.32 Å². The number of aliphatic hydroxyl groups is 2. The van der Waals surface area contributed by atoms with Crippen molar-refractivity contribution in [2.24, 2.45) is 11.8 Å². The largest absolute Gasteiger partial charge is 0.390 e. The van der Waals surface area contributed by atoms with Crippen LogP contribution in [0, 0.1) is 11.8 Å². The average molecular weight is 330 g/mol. The number of allylic oxidation sites excluding steroid dienone is 1. The number of rotatable bonds is 4. The average Bonchev–Trinajstić information content (AvgIpc) is 2.91. The van der Waals surface area contributed by atoms with E-state index in [0.29, 0.717) is 12.3 Å². The number of nitrogens with one attached hydrogen (secondary N) is 1. The molecule has 0 aromatic carbocycles. The summed E-state index contributed by atoms with van der Waals surface area (Å²) in [6.45, 7) is 1.77. The van der Waals surface area contributed by atoms with Crippen LogP contribution in [-0.2, 0) is 9.53 Å². The van der Waals surface area contributed by atoms with E-state index >= 15 is 0 Å². The summed E-state index contributed by atoms with van der Waals surface area (Å²) in [4.78, 5) is 12.6. The molecule has 0 aromatic heterocycles. The van der Waals surface area contributed by atoms with Crippen molar-refractivity contribution in [2.45, 2.75) is 56.1 Å². The van der Waals surface area contributed by atoms with E-state index in [1.807, 2.05) is 19.1 Å². The van der Waals surface area contributed by atoms with Gasteiger partial charge in [0, 0.05) is 17.7 Å². The van der Waals surface area contributed by atoms with Crippen molar-refractivity contribution in [3.63, 3.8) is 0 Å². The molecule has 22 heavy (non-hydrogen) atoms. The highest BCUT2D eigenvalue weighted by Crippen LogP contribution is 2.51. The number of carbonyl (C=O) groups is 1. The minimum absolute atomic E-state index is 0.0392. The van der Waals surface area contributed by atoms with Gasteiger partial charge >= 0.3 is 0 Å². The van der Waals surface area contributed by atoms with Gasteiger partial charge < -0.3 is 14.9 Å². The lowest BCUT2D eigenvalue weighted by Gasteiger charge is -2.43. The van der Waals surface area contributed by atoms with Crippen LogP contribution in [0.2, 0.25) is 0 Å². The number of ketones is 1. The Morgan fingerprint density at radius 3 is 3.00 bits per heavy atom. The predicted octanol–water partition coefficient (Wildman–Crippen LogP) is 0.967. The van der Waals surface area contributed by atoms with Crippen molar-refractivity contribution in [3.8, 4) is 0 Å². The van der Waals surface area contributed by atoms with Crippen LogP contribution in [0.3, 0.4) is 0 Å². The molecule has 0 saturated carbocycles. The van der Waals surface area contributed by atoms with E-state index in [0.717, 1.165) is 19.3 Å².